The minimum absolute atomic E-state index is 0.113. The molecule has 3 heterocycles. The van der Waals surface area contributed by atoms with Crippen molar-refractivity contribution in [3.05, 3.63) is 61.5 Å². The normalized spacial score (nSPS) is 23.4. The maximum Gasteiger partial charge on any atom is 0.328 e. The van der Waals surface area contributed by atoms with Crippen LogP contribution in [-0.4, -0.2) is 28.8 Å². The molecule has 0 bridgehead atoms. The number of H-pyrrole nitrogens is 2. The Bertz CT molecular complexity index is 1300. The highest BCUT2D eigenvalue weighted by atomic mass is 16.5. The van der Waals surface area contributed by atoms with Crippen LogP contribution in [0.1, 0.15) is 37.8 Å². The molecule has 154 valence electrons. The first-order valence-electron chi connectivity index (χ1n) is 9.49. The number of carbonyl (C=O) groups excluding carboxylic acids is 2. The van der Waals surface area contributed by atoms with Gasteiger partial charge in [-0.1, -0.05) is 13.8 Å². The molecular weight excluding hydrogens is 390 g/mol. The Morgan fingerprint density at radius 3 is 2.57 bits per heavy atom. The second-order valence-corrected chi connectivity index (χ2v) is 8.57. The van der Waals surface area contributed by atoms with Crippen molar-refractivity contribution < 1.29 is 19.1 Å². The van der Waals surface area contributed by atoms with Gasteiger partial charge in [-0.15, -0.1) is 0 Å². The summed E-state index contributed by atoms with van der Waals surface area (Å²) < 4.78 is 11.2. The van der Waals surface area contributed by atoms with E-state index in [9.17, 15) is 19.2 Å². The topological polar surface area (TPSA) is 130 Å². The molecule has 1 unspecified atom stereocenters. The third-order valence-corrected chi connectivity index (χ3v) is 5.94. The zero-order valence-electron chi connectivity index (χ0n) is 16.6. The average Bonchev–Trinajstić information content (AvgIpc) is 2.91. The van der Waals surface area contributed by atoms with E-state index < -0.39 is 28.0 Å². The van der Waals surface area contributed by atoms with Crippen LogP contribution in [0.4, 0.5) is 5.69 Å². The zero-order chi connectivity index (χ0) is 21.4. The van der Waals surface area contributed by atoms with Crippen molar-refractivity contribution in [3.63, 3.8) is 0 Å². The van der Waals surface area contributed by atoms with Crippen molar-refractivity contribution in [2.24, 2.45) is 5.41 Å². The molecule has 1 aromatic carbocycles. The summed E-state index contributed by atoms with van der Waals surface area (Å²) in [6.07, 6.45) is 0.566. The van der Waals surface area contributed by atoms with Crippen molar-refractivity contribution in [1.82, 2.24) is 9.97 Å². The molecule has 3 aliphatic rings. The lowest BCUT2D eigenvalue weighted by molar-refractivity contribution is -0.124. The van der Waals surface area contributed by atoms with Crippen LogP contribution in [0, 0.1) is 5.41 Å². The summed E-state index contributed by atoms with van der Waals surface area (Å²) in [6.45, 7) is 3.85. The van der Waals surface area contributed by atoms with Gasteiger partial charge in [0.15, 0.2) is 5.78 Å². The van der Waals surface area contributed by atoms with Crippen LogP contribution in [-0.2, 0) is 15.0 Å². The number of hydrogen-bond donors (Lipinski definition) is 3. The molecule has 1 aliphatic carbocycles. The number of rotatable bonds is 1. The third-order valence-electron chi connectivity index (χ3n) is 5.94. The summed E-state index contributed by atoms with van der Waals surface area (Å²) in [5, 5.41) is 2.79. The Balaban J connectivity index is 1.95. The lowest BCUT2D eigenvalue weighted by Crippen LogP contribution is -2.51. The number of aromatic nitrogens is 2. The summed E-state index contributed by atoms with van der Waals surface area (Å²) in [6, 6.07) is 4.97. The number of fused-ring (bicyclic) bond motifs is 5. The number of allylic oxidation sites excluding steroid dienone is 1. The van der Waals surface area contributed by atoms with Crippen LogP contribution < -0.4 is 26.0 Å². The largest absolute Gasteiger partial charge is 0.497 e. The zero-order valence-corrected chi connectivity index (χ0v) is 16.6. The SMILES string of the molecule is COc1ccc2c(c1)C1(C(=O)N2)C2=C(CC(C)(C)CC2=O)Oc2[nH]c(=O)[nH]c(=O)c21. The van der Waals surface area contributed by atoms with Crippen molar-refractivity contribution in [1.29, 1.82) is 0 Å². The number of hydrogen-bond acceptors (Lipinski definition) is 6. The van der Waals surface area contributed by atoms with Gasteiger partial charge in [0, 0.05) is 24.1 Å². The quantitative estimate of drug-likeness (QED) is 0.652. The minimum Gasteiger partial charge on any atom is -0.497 e. The van der Waals surface area contributed by atoms with Gasteiger partial charge in [0.05, 0.1) is 12.7 Å². The van der Waals surface area contributed by atoms with Crippen LogP contribution in [0.5, 0.6) is 11.6 Å². The Hall–Kier alpha value is -3.62. The Morgan fingerprint density at radius 1 is 1.07 bits per heavy atom. The molecule has 30 heavy (non-hydrogen) atoms. The van der Waals surface area contributed by atoms with Crippen LogP contribution in [0.25, 0.3) is 0 Å². The third kappa shape index (κ3) is 2.23. The average molecular weight is 409 g/mol. The molecule has 0 fully saturated rings. The molecule has 0 saturated carbocycles. The number of ether oxygens (including phenoxy) is 2. The molecule has 9 nitrogen and oxygen atoms in total. The Labute approximate surface area is 170 Å². The van der Waals surface area contributed by atoms with E-state index in [1.165, 1.54) is 7.11 Å². The van der Waals surface area contributed by atoms with E-state index in [4.69, 9.17) is 9.47 Å². The first-order valence-corrected chi connectivity index (χ1v) is 9.49. The summed E-state index contributed by atoms with van der Waals surface area (Å²) in [4.78, 5) is 56.5. The lowest BCUT2D eigenvalue weighted by atomic mass is 9.62. The minimum atomic E-state index is -1.74. The van der Waals surface area contributed by atoms with Gasteiger partial charge in [0.25, 0.3) is 5.56 Å². The maximum absolute atomic E-state index is 13.5. The predicted octanol–water partition coefficient (Wildman–Crippen LogP) is 1.35. The first kappa shape index (κ1) is 18.4. The number of carbonyl (C=O) groups is 2. The molecule has 1 spiro atoms. The smallest absolute Gasteiger partial charge is 0.328 e. The number of ketones is 1. The van der Waals surface area contributed by atoms with Gasteiger partial charge in [-0.2, -0.15) is 0 Å². The number of aromatic amines is 2. The molecule has 2 aromatic rings. The molecule has 1 amide bonds. The first-order chi connectivity index (χ1) is 14.2. The van der Waals surface area contributed by atoms with Gasteiger partial charge in [-0.3, -0.25) is 24.4 Å². The van der Waals surface area contributed by atoms with E-state index in [1.807, 2.05) is 13.8 Å². The van der Waals surface area contributed by atoms with Crippen LogP contribution in [0.15, 0.2) is 39.1 Å². The summed E-state index contributed by atoms with van der Waals surface area (Å²) in [7, 11) is 1.49. The highest BCUT2D eigenvalue weighted by Crippen LogP contribution is 2.56. The molecule has 0 saturated heterocycles. The van der Waals surface area contributed by atoms with Gasteiger partial charge >= 0.3 is 5.69 Å². The lowest BCUT2D eigenvalue weighted by Gasteiger charge is -2.41. The number of amides is 1. The fourth-order valence-corrected chi connectivity index (χ4v) is 4.80. The van der Waals surface area contributed by atoms with Gasteiger partial charge in [0.2, 0.25) is 11.8 Å². The van der Waals surface area contributed by atoms with Crippen LogP contribution in [0.2, 0.25) is 0 Å². The number of Topliss-reactive ketones (excluding diaryl/α,β-unsaturated/α-hetero) is 1. The van der Waals surface area contributed by atoms with E-state index in [1.54, 1.807) is 18.2 Å². The molecule has 1 aromatic heterocycles. The van der Waals surface area contributed by atoms with E-state index >= 15 is 0 Å². The second-order valence-electron chi connectivity index (χ2n) is 8.57. The number of methoxy groups -OCH3 is 1. The molecule has 9 heteroatoms. The highest BCUT2D eigenvalue weighted by molar-refractivity contribution is 6.19. The molecule has 1 atom stereocenters. The molecular formula is C21H19N3O6. The molecule has 3 N–H and O–H groups in total. The van der Waals surface area contributed by atoms with E-state index in [0.29, 0.717) is 23.4 Å². The monoisotopic (exact) mass is 409 g/mol. The fourth-order valence-electron chi connectivity index (χ4n) is 4.80. The summed E-state index contributed by atoms with van der Waals surface area (Å²) in [5.74, 6) is -0.198. The van der Waals surface area contributed by atoms with Gasteiger partial charge in [0.1, 0.15) is 22.5 Å². The number of nitrogens with one attached hydrogen (secondary N) is 3. The molecule has 0 radical (unpaired) electrons. The molecule has 2 aliphatic heterocycles. The van der Waals surface area contributed by atoms with Crippen molar-refractivity contribution in [3.8, 4) is 11.6 Å². The highest BCUT2D eigenvalue weighted by Gasteiger charge is 2.61. The fraction of sp³-hybridized carbons (Fsp3) is 0.333. The number of anilines is 1. The summed E-state index contributed by atoms with van der Waals surface area (Å²) >= 11 is 0. The van der Waals surface area contributed by atoms with Crippen molar-refractivity contribution in [2.75, 3.05) is 12.4 Å². The Morgan fingerprint density at radius 2 is 1.83 bits per heavy atom. The standard InChI is InChI=1S/C21H19N3O6/c1-20(2)7-12(25)14-13(8-20)30-17-15(16(26)23-19(28)24-17)21(14)10-6-9(29-3)4-5-11(10)22-18(21)27/h4-6H,7-8H2,1-3H3,(H,22,27)(H2,23,24,26,28). The van der Waals surface area contributed by atoms with Crippen LogP contribution >= 0.6 is 0 Å². The van der Waals surface area contributed by atoms with Gasteiger partial charge in [-0.05, 0) is 23.6 Å². The van der Waals surface area contributed by atoms with Crippen LogP contribution in [0.3, 0.4) is 0 Å². The van der Waals surface area contributed by atoms with E-state index in [2.05, 4.69) is 15.3 Å². The second kappa shape index (κ2) is 5.71. The van der Waals surface area contributed by atoms with Gasteiger partial charge < -0.3 is 14.8 Å². The van der Waals surface area contributed by atoms with Crippen molar-refractivity contribution in [2.45, 2.75) is 32.1 Å². The Kier molecular flexibility index (Phi) is 3.51. The van der Waals surface area contributed by atoms with E-state index in [-0.39, 0.29) is 35.0 Å². The van der Waals surface area contributed by atoms with Crippen molar-refractivity contribution >= 4 is 17.4 Å². The summed E-state index contributed by atoms with van der Waals surface area (Å²) in [5.41, 5.74) is -2.79. The van der Waals surface area contributed by atoms with E-state index in [0.717, 1.165) is 0 Å². The molecule has 5 rings (SSSR count). The predicted molar refractivity (Wildman–Crippen MR) is 106 cm³/mol. The number of benzene rings is 1. The maximum atomic E-state index is 13.5. The van der Waals surface area contributed by atoms with Gasteiger partial charge in [-0.25, -0.2) is 4.79 Å².